The van der Waals surface area contributed by atoms with Crippen molar-refractivity contribution in [2.24, 2.45) is 7.05 Å². The predicted octanol–water partition coefficient (Wildman–Crippen LogP) is 0.449. The van der Waals surface area contributed by atoms with E-state index in [2.05, 4.69) is 22.2 Å². The van der Waals surface area contributed by atoms with Crippen molar-refractivity contribution in [3.05, 3.63) is 18.0 Å². The van der Waals surface area contributed by atoms with Crippen LogP contribution < -0.4 is 5.32 Å². The summed E-state index contributed by atoms with van der Waals surface area (Å²) in [7, 11) is 1.90. The summed E-state index contributed by atoms with van der Waals surface area (Å²) in [5, 5.41) is 17.0. The van der Waals surface area contributed by atoms with Crippen LogP contribution in [0.3, 0.4) is 0 Å². The number of aromatic nitrogens is 2. The average Bonchev–Trinajstić information content (AvgIpc) is 2.82. The summed E-state index contributed by atoms with van der Waals surface area (Å²) in [5.74, 6) is 0. The lowest BCUT2D eigenvalue weighted by atomic mass is 10.1. The van der Waals surface area contributed by atoms with Gasteiger partial charge in [-0.1, -0.05) is 0 Å². The van der Waals surface area contributed by atoms with E-state index >= 15 is 0 Å². The van der Waals surface area contributed by atoms with Crippen LogP contribution in [0, 0.1) is 0 Å². The minimum Gasteiger partial charge on any atom is -0.389 e. The van der Waals surface area contributed by atoms with E-state index < -0.39 is 5.60 Å². The first-order chi connectivity index (χ1) is 10.8. The molecule has 2 rings (SSSR count). The van der Waals surface area contributed by atoms with E-state index in [0.717, 1.165) is 25.2 Å². The minimum absolute atomic E-state index is 0.0115. The van der Waals surface area contributed by atoms with Crippen LogP contribution in [0.15, 0.2) is 12.3 Å². The lowest BCUT2D eigenvalue weighted by Gasteiger charge is -2.41. The molecule has 1 aliphatic heterocycles. The number of β-amino-alcohol motifs (C(OH)–C–C–N with tert-alkyl or cyclic N) is 1. The van der Waals surface area contributed by atoms with Gasteiger partial charge in [-0.25, -0.2) is 4.79 Å². The fraction of sp³-hybridized carbons (Fsp3) is 0.750. The normalized spacial score (nSPS) is 19.9. The lowest BCUT2D eigenvalue weighted by Crippen LogP contribution is -2.58. The third kappa shape index (κ3) is 5.21. The van der Waals surface area contributed by atoms with Gasteiger partial charge in [-0.2, -0.15) is 5.10 Å². The third-order valence-corrected chi connectivity index (χ3v) is 4.16. The molecule has 0 spiro atoms. The molecule has 0 aliphatic carbocycles. The van der Waals surface area contributed by atoms with Crippen molar-refractivity contribution in [2.45, 2.75) is 38.8 Å². The van der Waals surface area contributed by atoms with Crippen molar-refractivity contribution in [1.29, 1.82) is 0 Å². The maximum absolute atomic E-state index is 12.3. The molecule has 0 unspecified atom stereocenters. The van der Waals surface area contributed by atoms with Gasteiger partial charge < -0.3 is 15.3 Å². The maximum Gasteiger partial charge on any atom is 0.317 e. The Morgan fingerprint density at radius 3 is 2.78 bits per heavy atom. The Morgan fingerprint density at radius 1 is 1.48 bits per heavy atom. The van der Waals surface area contributed by atoms with Gasteiger partial charge in [0, 0.05) is 64.1 Å². The highest BCUT2D eigenvalue weighted by Gasteiger charge is 2.29. The number of rotatable bonds is 5. The summed E-state index contributed by atoms with van der Waals surface area (Å²) in [6.07, 6.45) is 2.54. The van der Waals surface area contributed by atoms with Gasteiger partial charge in [0.2, 0.25) is 0 Å². The molecule has 130 valence electrons. The summed E-state index contributed by atoms with van der Waals surface area (Å²) in [4.78, 5) is 16.4. The van der Waals surface area contributed by atoms with Crippen LogP contribution in [0.4, 0.5) is 4.79 Å². The van der Waals surface area contributed by atoms with Gasteiger partial charge in [-0.05, 0) is 26.8 Å². The molecule has 0 aromatic carbocycles. The Bertz CT molecular complexity index is 523. The fourth-order valence-electron chi connectivity index (χ4n) is 3.07. The van der Waals surface area contributed by atoms with Crippen molar-refractivity contribution in [2.75, 3.05) is 32.7 Å². The number of carbonyl (C=O) groups excluding carboxylic acids is 1. The molecule has 2 heterocycles. The summed E-state index contributed by atoms with van der Waals surface area (Å²) in [5.41, 5.74) is 0.404. The van der Waals surface area contributed by atoms with Gasteiger partial charge in [0.05, 0.1) is 5.60 Å². The number of carbonyl (C=O) groups is 1. The topological polar surface area (TPSA) is 73.6 Å². The minimum atomic E-state index is -0.701. The van der Waals surface area contributed by atoms with E-state index in [1.54, 1.807) is 6.20 Å². The summed E-state index contributed by atoms with van der Waals surface area (Å²) in [6, 6.07) is 2.09. The first-order valence-electron chi connectivity index (χ1n) is 8.22. The predicted molar refractivity (Wildman–Crippen MR) is 89.2 cm³/mol. The van der Waals surface area contributed by atoms with Crippen molar-refractivity contribution < 1.29 is 9.90 Å². The van der Waals surface area contributed by atoms with E-state index in [-0.39, 0.29) is 12.1 Å². The van der Waals surface area contributed by atoms with Gasteiger partial charge in [-0.3, -0.25) is 9.58 Å². The van der Waals surface area contributed by atoms with Gasteiger partial charge in [-0.15, -0.1) is 0 Å². The van der Waals surface area contributed by atoms with E-state index in [4.69, 9.17) is 0 Å². The second-order valence-corrected chi connectivity index (χ2v) is 7.02. The first-order valence-corrected chi connectivity index (χ1v) is 8.22. The molecule has 1 aromatic heterocycles. The number of piperazine rings is 1. The van der Waals surface area contributed by atoms with Crippen molar-refractivity contribution in [3.63, 3.8) is 0 Å². The third-order valence-electron chi connectivity index (χ3n) is 4.16. The van der Waals surface area contributed by atoms with Gasteiger partial charge >= 0.3 is 6.03 Å². The van der Waals surface area contributed by atoms with Crippen LogP contribution in [0.5, 0.6) is 0 Å². The highest BCUT2D eigenvalue weighted by atomic mass is 16.3. The zero-order chi connectivity index (χ0) is 17.0. The van der Waals surface area contributed by atoms with E-state index in [9.17, 15) is 9.90 Å². The Hall–Kier alpha value is -1.60. The number of hydrogen-bond acceptors (Lipinski definition) is 4. The van der Waals surface area contributed by atoms with Crippen LogP contribution in [-0.2, 0) is 13.5 Å². The Labute approximate surface area is 138 Å². The molecule has 2 amide bonds. The zero-order valence-corrected chi connectivity index (χ0v) is 14.6. The van der Waals surface area contributed by atoms with Gasteiger partial charge in [0.1, 0.15) is 0 Å². The molecule has 1 aliphatic rings. The number of urea groups is 1. The van der Waals surface area contributed by atoms with Crippen LogP contribution in [0.1, 0.15) is 26.5 Å². The highest BCUT2D eigenvalue weighted by Crippen LogP contribution is 2.13. The molecular weight excluding hydrogens is 294 g/mol. The fourth-order valence-corrected chi connectivity index (χ4v) is 3.07. The molecular formula is C16H29N5O2. The van der Waals surface area contributed by atoms with Gasteiger partial charge in [0.25, 0.3) is 0 Å². The molecule has 0 bridgehead atoms. The van der Waals surface area contributed by atoms with E-state index in [1.165, 1.54) is 0 Å². The number of aliphatic hydroxyl groups is 1. The van der Waals surface area contributed by atoms with E-state index in [1.807, 2.05) is 36.5 Å². The number of amides is 2. The monoisotopic (exact) mass is 323 g/mol. The molecule has 0 saturated carbocycles. The van der Waals surface area contributed by atoms with Gasteiger partial charge in [0.15, 0.2) is 0 Å². The second kappa shape index (κ2) is 7.31. The molecule has 1 aromatic rings. The van der Waals surface area contributed by atoms with Crippen molar-refractivity contribution >= 4 is 6.03 Å². The van der Waals surface area contributed by atoms with Crippen LogP contribution in [-0.4, -0.2) is 75.1 Å². The molecule has 1 atom stereocenters. The van der Waals surface area contributed by atoms with Crippen molar-refractivity contribution in [1.82, 2.24) is 24.9 Å². The average molecular weight is 323 g/mol. The standard InChI is InChI=1S/C16H29N5O2/c1-13-11-20(12-16(2,3)23)9-10-21(13)15(22)17-7-5-14-6-8-18-19(14)4/h6,8,13,23H,5,7,9-12H2,1-4H3,(H,17,22)/t13-/m1/s1. The lowest BCUT2D eigenvalue weighted by molar-refractivity contribution is 0.0119. The molecule has 1 saturated heterocycles. The van der Waals surface area contributed by atoms with Crippen LogP contribution in [0.25, 0.3) is 0 Å². The smallest absolute Gasteiger partial charge is 0.317 e. The largest absolute Gasteiger partial charge is 0.389 e. The molecule has 1 fully saturated rings. The number of nitrogens with one attached hydrogen (secondary N) is 1. The molecule has 23 heavy (non-hydrogen) atoms. The second-order valence-electron chi connectivity index (χ2n) is 7.02. The Morgan fingerprint density at radius 2 is 2.22 bits per heavy atom. The number of hydrogen-bond donors (Lipinski definition) is 2. The highest BCUT2D eigenvalue weighted by molar-refractivity contribution is 5.74. The summed E-state index contributed by atoms with van der Waals surface area (Å²) < 4.78 is 1.82. The number of nitrogens with zero attached hydrogens (tertiary/aromatic N) is 4. The molecule has 7 heteroatoms. The summed E-state index contributed by atoms with van der Waals surface area (Å²) >= 11 is 0. The SMILES string of the molecule is C[C@@H]1CN(CC(C)(C)O)CCN1C(=O)NCCc1ccnn1C. The molecule has 0 radical (unpaired) electrons. The van der Waals surface area contributed by atoms with E-state index in [0.29, 0.717) is 19.6 Å². The molecule has 7 nitrogen and oxygen atoms in total. The quantitative estimate of drug-likeness (QED) is 0.825. The summed E-state index contributed by atoms with van der Waals surface area (Å²) in [6.45, 7) is 9.20. The van der Waals surface area contributed by atoms with Crippen LogP contribution >= 0.6 is 0 Å². The van der Waals surface area contributed by atoms with Crippen molar-refractivity contribution in [3.8, 4) is 0 Å². The molecule has 2 N–H and O–H groups in total. The Kier molecular flexibility index (Phi) is 5.64. The van der Waals surface area contributed by atoms with Crippen LogP contribution in [0.2, 0.25) is 0 Å². The number of aryl methyl sites for hydroxylation is 1. The first kappa shape index (κ1) is 17.7. The Balaban J connectivity index is 1.76. The maximum atomic E-state index is 12.3. The zero-order valence-electron chi connectivity index (χ0n) is 14.6.